The number of benzene rings is 2. The molecule has 1 aliphatic heterocycles. The highest BCUT2D eigenvalue weighted by Gasteiger charge is 2.21. The molecule has 2 amide bonds. The highest BCUT2D eigenvalue weighted by atomic mass is 16.5. The maximum atomic E-state index is 12.3. The predicted octanol–water partition coefficient (Wildman–Crippen LogP) is 1.77. The van der Waals surface area contributed by atoms with E-state index in [4.69, 9.17) is 4.74 Å². The lowest BCUT2D eigenvalue weighted by molar-refractivity contribution is -0.136. The molecule has 0 saturated carbocycles. The highest BCUT2D eigenvalue weighted by molar-refractivity contribution is 6.39. The van der Waals surface area contributed by atoms with E-state index in [0.29, 0.717) is 17.9 Å². The first-order valence-electron chi connectivity index (χ1n) is 9.58. The first-order chi connectivity index (χ1) is 14.4. The molecule has 2 aromatic rings. The van der Waals surface area contributed by atoms with Gasteiger partial charge in [0.15, 0.2) is 0 Å². The summed E-state index contributed by atoms with van der Waals surface area (Å²) in [6.45, 7) is 0.961. The van der Waals surface area contributed by atoms with Crippen LogP contribution in [0.15, 0.2) is 42.5 Å². The minimum absolute atomic E-state index is 0.0908. The molecule has 158 valence electrons. The largest absolute Gasteiger partial charge is 0.493 e. The zero-order valence-electron chi connectivity index (χ0n) is 17.2. The molecule has 0 spiro atoms. The summed E-state index contributed by atoms with van der Waals surface area (Å²) in [5, 5.41) is 5.21. The fourth-order valence-electron chi connectivity index (χ4n) is 3.28. The second kappa shape index (κ2) is 9.41. The smallest absolute Gasteiger partial charge is 0.337 e. The van der Waals surface area contributed by atoms with Gasteiger partial charge in [0.1, 0.15) is 5.75 Å². The number of carbonyl (C=O) groups excluding carboxylic acids is 3. The van der Waals surface area contributed by atoms with Gasteiger partial charge in [-0.3, -0.25) is 9.59 Å². The first-order valence-corrected chi connectivity index (χ1v) is 9.58. The van der Waals surface area contributed by atoms with Crippen molar-refractivity contribution in [2.75, 3.05) is 39.7 Å². The van der Waals surface area contributed by atoms with Crippen molar-refractivity contribution in [3.05, 3.63) is 59.2 Å². The Bertz CT molecular complexity index is 940. The van der Waals surface area contributed by atoms with Crippen LogP contribution in [-0.2, 0) is 20.7 Å². The molecular formula is C22H25N3O5. The third-order valence-electron chi connectivity index (χ3n) is 4.95. The average molecular weight is 411 g/mol. The molecule has 0 bridgehead atoms. The van der Waals surface area contributed by atoms with Crippen LogP contribution in [0.5, 0.6) is 5.75 Å². The van der Waals surface area contributed by atoms with Gasteiger partial charge in [-0.25, -0.2) is 4.79 Å². The number of fused-ring (bicyclic) bond motifs is 1. The van der Waals surface area contributed by atoms with Gasteiger partial charge in [0.2, 0.25) is 0 Å². The molecular weight excluding hydrogens is 386 g/mol. The Morgan fingerprint density at radius 2 is 1.83 bits per heavy atom. The standard InChI is InChI=1S/C22H25N3O5/c1-25(2)18(15-6-9-19-16(12-15)10-11-30-19)13-23-20(26)21(27)24-17-7-4-14(5-8-17)22(28)29-3/h4-9,12,18H,10-11,13H2,1-3H3,(H,23,26)(H,24,27). The zero-order valence-corrected chi connectivity index (χ0v) is 17.2. The van der Waals surface area contributed by atoms with E-state index in [1.54, 1.807) is 0 Å². The van der Waals surface area contributed by atoms with Gasteiger partial charge in [0.05, 0.1) is 25.3 Å². The molecule has 0 aromatic heterocycles. The Morgan fingerprint density at radius 1 is 1.10 bits per heavy atom. The van der Waals surface area contributed by atoms with Crippen LogP contribution in [0.2, 0.25) is 0 Å². The van der Waals surface area contributed by atoms with E-state index in [1.165, 1.54) is 31.4 Å². The van der Waals surface area contributed by atoms with E-state index >= 15 is 0 Å². The second-order valence-electron chi connectivity index (χ2n) is 7.18. The van der Waals surface area contributed by atoms with Crippen molar-refractivity contribution in [1.82, 2.24) is 10.2 Å². The lowest BCUT2D eigenvalue weighted by Crippen LogP contribution is -2.40. The van der Waals surface area contributed by atoms with Crippen molar-refractivity contribution >= 4 is 23.5 Å². The van der Waals surface area contributed by atoms with Crippen LogP contribution in [0.1, 0.15) is 27.5 Å². The summed E-state index contributed by atoms with van der Waals surface area (Å²) >= 11 is 0. The summed E-state index contributed by atoms with van der Waals surface area (Å²) in [6.07, 6.45) is 0.868. The van der Waals surface area contributed by atoms with Crippen LogP contribution in [0.3, 0.4) is 0 Å². The second-order valence-corrected chi connectivity index (χ2v) is 7.18. The number of anilines is 1. The summed E-state index contributed by atoms with van der Waals surface area (Å²) in [4.78, 5) is 37.9. The number of methoxy groups -OCH3 is 1. The molecule has 8 nitrogen and oxygen atoms in total. The monoisotopic (exact) mass is 411 g/mol. The third-order valence-corrected chi connectivity index (χ3v) is 4.95. The molecule has 8 heteroatoms. The fourth-order valence-corrected chi connectivity index (χ4v) is 3.28. The maximum absolute atomic E-state index is 12.3. The van der Waals surface area contributed by atoms with Crippen molar-refractivity contribution in [1.29, 1.82) is 0 Å². The van der Waals surface area contributed by atoms with Gasteiger partial charge in [-0.1, -0.05) is 12.1 Å². The SMILES string of the molecule is COC(=O)c1ccc(NC(=O)C(=O)NCC(c2ccc3c(c2)CCO3)N(C)C)cc1. The minimum Gasteiger partial charge on any atom is -0.493 e. The Labute approximate surface area is 175 Å². The molecule has 30 heavy (non-hydrogen) atoms. The number of ether oxygens (including phenoxy) is 2. The maximum Gasteiger partial charge on any atom is 0.337 e. The van der Waals surface area contributed by atoms with Gasteiger partial charge in [-0.05, 0) is 55.6 Å². The number of rotatable bonds is 6. The summed E-state index contributed by atoms with van der Waals surface area (Å²) in [6, 6.07) is 12.0. The first kappa shape index (κ1) is 21.3. The van der Waals surface area contributed by atoms with Crippen LogP contribution in [0, 0.1) is 0 Å². The van der Waals surface area contributed by atoms with Crippen molar-refractivity contribution in [2.45, 2.75) is 12.5 Å². The van der Waals surface area contributed by atoms with Gasteiger partial charge >= 0.3 is 17.8 Å². The molecule has 0 radical (unpaired) electrons. The number of likely N-dealkylation sites (N-methyl/N-ethyl adjacent to an activating group) is 1. The van der Waals surface area contributed by atoms with Crippen LogP contribution in [0.25, 0.3) is 0 Å². The average Bonchev–Trinajstić information content (AvgIpc) is 3.21. The van der Waals surface area contributed by atoms with Gasteiger partial charge in [0, 0.05) is 18.7 Å². The Kier molecular flexibility index (Phi) is 6.68. The van der Waals surface area contributed by atoms with Crippen molar-refractivity contribution in [3.8, 4) is 5.75 Å². The van der Waals surface area contributed by atoms with Crippen LogP contribution in [0.4, 0.5) is 5.69 Å². The minimum atomic E-state index is -0.777. The van der Waals surface area contributed by atoms with E-state index in [1.807, 2.05) is 31.1 Å². The number of nitrogens with one attached hydrogen (secondary N) is 2. The molecule has 2 N–H and O–H groups in total. The van der Waals surface area contributed by atoms with Crippen LogP contribution in [-0.4, -0.2) is 57.0 Å². The lowest BCUT2D eigenvalue weighted by atomic mass is 10.0. The molecule has 3 rings (SSSR count). The van der Waals surface area contributed by atoms with Gasteiger partial charge in [-0.15, -0.1) is 0 Å². The molecule has 1 atom stereocenters. The Hall–Kier alpha value is -3.39. The number of hydrogen-bond donors (Lipinski definition) is 2. The summed E-state index contributed by atoms with van der Waals surface area (Å²) < 4.78 is 10.2. The van der Waals surface area contributed by atoms with Crippen molar-refractivity contribution in [2.24, 2.45) is 0 Å². The molecule has 0 saturated heterocycles. The molecule has 0 aliphatic carbocycles. The number of carbonyl (C=O) groups is 3. The third kappa shape index (κ3) is 4.96. The predicted molar refractivity (Wildman–Crippen MR) is 111 cm³/mol. The van der Waals surface area contributed by atoms with Crippen LogP contribution < -0.4 is 15.4 Å². The summed E-state index contributed by atoms with van der Waals surface area (Å²) in [5.41, 5.74) is 2.96. The summed E-state index contributed by atoms with van der Waals surface area (Å²) in [7, 11) is 5.13. The topological polar surface area (TPSA) is 97.0 Å². The van der Waals surface area contributed by atoms with Gasteiger partial charge in [0.25, 0.3) is 0 Å². The number of nitrogens with zero attached hydrogens (tertiary/aromatic N) is 1. The fraction of sp³-hybridized carbons (Fsp3) is 0.318. The number of esters is 1. The molecule has 2 aromatic carbocycles. The zero-order chi connectivity index (χ0) is 21.7. The summed E-state index contributed by atoms with van der Waals surface area (Å²) in [5.74, 6) is -1.08. The van der Waals surface area contributed by atoms with E-state index in [0.717, 1.165) is 23.3 Å². The van der Waals surface area contributed by atoms with Crippen molar-refractivity contribution in [3.63, 3.8) is 0 Å². The Morgan fingerprint density at radius 3 is 2.50 bits per heavy atom. The highest BCUT2D eigenvalue weighted by Crippen LogP contribution is 2.29. The normalized spacial score (nSPS) is 13.2. The van der Waals surface area contributed by atoms with Gasteiger partial charge < -0.3 is 25.0 Å². The molecule has 1 unspecified atom stereocenters. The van der Waals surface area contributed by atoms with E-state index in [9.17, 15) is 14.4 Å². The number of hydrogen-bond acceptors (Lipinski definition) is 6. The van der Waals surface area contributed by atoms with Gasteiger partial charge in [-0.2, -0.15) is 0 Å². The van der Waals surface area contributed by atoms with Crippen molar-refractivity contribution < 1.29 is 23.9 Å². The van der Waals surface area contributed by atoms with E-state index < -0.39 is 17.8 Å². The Balaban J connectivity index is 1.58. The lowest BCUT2D eigenvalue weighted by Gasteiger charge is -2.25. The van der Waals surface area contributed by atoms with E-state index in [2.05, 4.69) is 21.4 Å². The molecule has 1 aliphatic rings. The quantitative estimate of drug-likeness (QED) is 0.556. The van der Waals surface area contributed by atoms with E-state index in [-0.39, 0.29) is 12.6 Å². The molecule has 1 heterocycles. The molecule has 0 fully saturated rings. The number of amides is 2. The van der Waals surface area contributed by atoms with Crippen LogP contribution >= 0.6 is 0 Å².